The molecule has 2 aromatic rings. The Morgan fingerprint density at radius 2 is 1.93 bits per heavy atom. The second-order valence-corrected chi connectivity index (χ2v) is 7.32. The van der Waals surface area contributed by atoms with E-state index in [1.807, 2.05) is 30.3 Å². The standard InChI is InChI=1S/C21H19IN2O3/c1-3-10-24-20(25)18(23-21(24)26)12-16-8-9-19(17(22)11-16)27-13-15-6-4-14(2)5-7-15/h3-9,11-12H,1,10,13H2,2H3,(H,23,26)/b18-12+. The summed E-state index contributed by atoms with van der Waals surface area (Å²) in [7, 11) is 0. The van der Waals surface area contributed by atoms with Crippen molar-refractivity contribution in [1.82, 2.24) is 10.2 Å². The summed E-state index contributed by atoms with van der Waals surface area (Å²) in [6.45, 7) is 6.28. The van der Waals surface area contributed by atoms with Crippen LogP contribution in [0.4, 0.5) is 4.79 Å². The number of urea groups is 1. The molecular weight excluding hydrogens is 455 g/mol. The normalized spacial score (nSPS) is 15.2. The molecule has 2 aromatic carbocycles. The number of carbonyl (C=O) groups excluding carboxylic acids is 2. The molecule has 1 heterocycles. The van der Waals surface area contributed by atoms with Gasteiger partial charge in [-0.1, -0.05) is 42.0 Å². The molecule has 1 N–H and O–H groups in total. The average Bonchev–Trinajstić information content (AvgIpc) is 2.90. The van der Waals surface area contributed by atoms with Crippen LogP contribution in [0.1, 0.15) is 16.7 Å². The maximum absolute atomic E-state index is 12.2. The molecule has 0 radical (unpaired) electrons. The first-order valence-electron chi connectivity index (χ1n) is 8.41. The quantitative estimate of drug-likeness (QED) is 0.295. The Kier molecular flexibility index (Phi) is 5.95. The van der Waals surface area contributed by atoms with Gasteiger partial charge in [0.15, 0.2) is 0 Å². The number of hydrogen-bond donors (Lipinski definition) is 1. The number of nitrogens with one attached hydrogen (secondary N) is 1. The number of aryl methyl sites for hydroxylation is 1. The number of ether oxygens (including phenoxy) is 1. The molecule has 1 fully saturated rings. The van der Waals surface area contributed by atoms with Crippen LogP contribution in [0.5, 0.6) is 5.75 Å². The minimum Gasteiger partial charge on any atom is -0.488 e. The maximum Gasteiger partial charge on any atom is 0.329 e. The van der Waals surface area contributed by atoms with Gasteiger partial charge in [0.05, 0.1) is 3.57 Å². The molecule has 0 aromatic heterocycles. The third-order valence-electron chi connectivity index (χ3n) is 4.06. The van der Waals surface area contributed by atoms with E-state index in [1.165, 1.54) is 11.6 Å². The molecule has 3 rings (SSSR count). The fourth-order valence-electron chi connectivity index (χ4n) is 2.60. The minimum absolute atomic E-state index is 0.186. The number of amides is 3. The summed E-state index contributed by atoms with van der Waals surface area (Å²) in [6.07, 6.45) is 3.18. The zero-order valence-electron chi connectivity index (χ0n) is 14.9. The Hall–Kier alpha value is -2.61. The van der Waals surface area contributed by atoms with Crippen molar-refractivity contribution in [1.29, 1.82) is 0 Å². The molecule has 138 valence electrons. The number of nitrogens with zero attached hydrogens (tertiary/aromatic N) is 1. The first-order chi connectivity index (χ1) is 13.0. The van der Waals surface area contributed by atoms with E-state index in [-0.39, 0.29) is 18.1 Å². The van der Waals surface area contributed by atoms with Gasteiger partial charge in [-0.15, -0.1) is 6.58 Å². The number of hydrogen-bond acceptors (Lipinski definition) is 3. The van der Waals surface area contributed by atoms with Crippen molar-refractivity contribution >= 4 is 40.6 Å². The molecule has 1 aliphatic heterocycles. The van der Waals surface area contributed by atoms with Gasteiger partial charge in [0.2, 0.25) is 0 Å². The minimum atomic E-state index is -0.432. The molecule has 0 aliphatic carbocycles. The van der Waals surface area contributed by atoms with Gasteiger partial charge in [-0.3, -0.25) is 9.69 Å². The summed E-state index contributed by atoms with van der Waals surface area (Å²) < 4.78 is 6.82. The summed E-state index contributed by atoms with van der Waals surface area (Å²) in [5, 5.41) is 2.59. The van der Waals surface area contributed by atoms with E-state index in [1.54, 1.807) is 6.08 Å². The Morgan fingerprint density at radius 3 is 2.59 bits per heavy atom. The van der Waals surface area contributed by atoms with Crippen LogP contribution >= 0.6 is 22.6 Å². The molecule has 5 nitrogen and oxygen atoms in total. The van der Waals surface area contributed by atoms with Crippen LogP contribution in [-0.2, 0) is 11.4 Å². The average molecular weight is 474 g/mol. The van der Waals surface area contributed by atoms with E-state index in [9.17, 15) is 9.59 Å². The first-order valence-corrected chi connectivity index (χ1v) is 9.49. The van der Waals surface area contributed by atoms with Gasteiger partial charge in [-0.2, -0.15) is 0 Å². The van der Waals surface area contributed by atoms with Crippen LogP contribution in [0.15, 0.2) is 60.8 Å². The fourth-order valence-corrected chi connectivity index (χ4v) is 3.30. The van der Waals surface area contributed by atoms with Gasteiger partial charge in [0, 0.05) is 6.54 Å². The Balaban J connectivity index is 1.71. The molecule has 27 heavy (non-hydrogen) atoms. The molecular formula is C21H19IN2O3. The molecule has 1 saturated heterocycles. The van der Waals surface area contributed by atoms with Crippen molar-refractivity contribution in [3.05, 3.63) is 81.1 Å². The van der Waals surface area contributed by atoms with Crippen LogP contribution in [0.3, 0.4) is 0 Å². The Bertz CT molecular complexity index is 920. The lowest BCUT2D eigenvalue weighted by atomic mass is 10.1. The van der Waals surface area contributed by atoms with Crippen molar-refractivity contribution in [3.8, 4) is 5.75 Å². The number of imide groups is 1. The maximum atomic E-state index is 12.2. The molecule has 0 unspecified atom stereocenters. The van der Waals surface area contributed by atoms with Crippen molar-refractivity contribution in [2.24, 2.45) is 0 Å². The number of rotatable bonds is 6. The monoisotopic (exact) mass is 474 g/mol. The highest BCUT2D eigenvalue weighted by atomic mass is 127. The second-order valence-electron chi connectivity index (χ2n) is 6.16. The molecule has 0 bridgehead atoms. The van der Waals surface area contributed by atoms with Crippen molar-refractivity contribution in [2.75, 3.05) is 6.54 Å². The van der Waals surface area contributed by atoms with Crippen LogP contribution in [0.2, 0.25) is 0 Å². The number of benzene rings is 2. The predicted octanol–water partition coefficient (Wildman–Crippen LogP) is 4.26. The third-order valence-corrected chi connectivity index (χ3v) is 4.90. The van der Waals surface area contributed by atoms with E-state index in [2.05, 4.69) is 53.5 Å². The third kappa shape index (κ3) is 4.57. The SMILES string of the molecule is C=CCN1C(=O)N/C(=C/c2ccc(OCc3ccc(C)cc3)c(I)c2)C1=O. The molecule has 3 amide bonds. The molecule has 1 aliphatic rings. The van der Waals surface area contributed by atoms with Crippen LogP contribution in [0, 0.1) is 10.5 Å². The van der Waals surface area contributed by atoms with Gasteiger partial charge in [-0.05, 0) is 58.9 Å². The first kappa shape index (κ1) is 19.2. The van der Waals surface area contributed by atoms with E-state index in [0.717, 1.165) is 25.3 Å². The molecule has 0 spiro atoms. The highest BCUT2D eigenvalue weighted by molar-refractivity contribution is 14.1. The lowest BCUT2D eigenvalue weighted by molar-refractivity contribution is -0.122. The summed E-state index contributed by atoms with van der Waals surface area (Å²) in [6, 6.07) is 13.4. The summed E-state index contributed by atoms with van der Waals surface area (Å²) in [5.41, 5.74) is 3.38. The van der Waals surface area contributed by atoms with Gasteiger partial charge in [-0.25, -0.2) is 4.79 Å². The van der Waals surface area contributed by atoms with E-state index >= 15 is 0 Å². The zero-order valence-corrected chi connectivity index (χ0v) is 17.0. The van der Waals surface area contributed by atoms with Crippen molar-refractivity contribution < 1.29 is 14.3 Å². The largest absolute Gasteiger partial charge is 0.488 e. The lowest BCUT2D eigenvalue weighted by Crippen LogP contribution is -2.30. The highest BCUT2D eigenvalue weighted by Gasteiger charge is 2.32. The summed E-state index contributed by atoms with van der Waals surface area (Å²) in [4.78, 5) is 25.2. The number of carbonyl (C=O) groups is 2. The Morgan fingerprint density at radius 1 is 1.19 bits per heavy atom. The Labute approximate surface area is 171 Å². The predicted molar refractivity (Wildman–Crippen MR) is 113 cm³/mol. The second kappa shape index (κ2) is 8.39. The molecule has 0 atom stereocenters. The van der Waals surface area contributed by atoms with Gasteiger partial charge >= 0.3 is 6.03 Å². The topological polar surface area (TPSA) is 58.6 Å². The van der Waals surface area contributed by atoms with Gasteiger partial charge < -0.3 is 10.1 Å². The molecule has 6 heteroatoms. The van der Waals surface area contributed by atoms with Gasteiger partial charge in [0.1, 0.15) is 18.1 Å². The fraction of sp³-hybridized carbons (Fsp3) is 0.143. The van der Waals surface area contributed by atoms with Crippen LogP contribution < -0.4 is 10.1 Å². The summed E-state index contributed by atoms with van der Waals surface area (Å²) in [5.74, 6) is 0.419. The zero-order chi connectivity index (χ0) is 19.4. The van der Waals surface area contributed by atoms with Gasteiger partial charge in [0.25, 0.3) is 5.91 Å². The lowest BCUT2D eigenvalue weighted by Gasteiger charge is -2.09. The van der Waals surface area contributed by atoms with E-state index in [0.29, 0.717) is 6.61 Å². The van der Waals surface area contributed by atoms with Crippen molar-refractivity contribution in [2.45, 2.75) is 13.5 Å². The summed E-state index contributed by atoms with van der Waals surface area (Å²) >= 11 is 2.20. The molecule has 0 saturated carbocycles. The highest BCUT2D eigenvalue weighted by Crippen LogP contribution is 2.25. The number of halogens is 1. The van der Waals surface area contributed by atoms with Crippen LogP contribution in [-0.4, -0.2) is 23.4 Å². The van der Waals surface area contributed by atoms with E-state index < -0.39 is 6.03 Å². The van der Waals surface area contributed by atoms with E-state index in [4.69, 9.17) is 4.74 Å². The van der Waals surface area contributed by atoms with Crippen molar-refractivity contribution in [3.63, 3.8) is 0 Å². The smallest absolute Gasteiger partial charge is 0.329 e. The van der Waals surface area contributed by atoms with Crippen LogP contribution in [0.25, 0.3) is 6.08 Å².